The summed E-state index contributed by atoms with van der Waals surface area (Å²) in [4.78, 5) is 35.9. The molecule has 0 bridgehead atoms. The standard InChI is InChI=1S/C24H16N2O5/c25-12-11-21(27)26-18-8-5-16(6-9-18)24(29)30-14-17-13-22(28)31-20-10-7-15-3-1-2-4-19(15)23(17)20/h1-10,13H,11,14H2,(H,26,27). The van der Waals surface area contributed by atoms with Crippen molar-refractivity contribution in [2.24, 2.45) is 0 Å². The Kier molecular flexibility index (Phi) is 5.45. The number of carbonyl (C=O) groups excluding carboxylic acids is 2. The second kappa shape index (κ2) is 8.51. The fourth-order valence-corrected chi connectivity index (χ4v) is 3.33. The highest BCUT2D eigenvalue weighted by atomic mass is 16.5. The van der Waals surface area contributed by atoms with Gasteiger partial charge < -0.3 is 14.5 Å². The van der Waals surface area contributed by atoms with Crippen LogP contribution in [-0.2, 0) is 16.1 Å². The van der Waals surface area contributed by atoms with Crippen LogP contribution in [0.25, 0.3) is 21.7 Å². The molecule has 0 saturated heterocycles. The lowest BCUT2D eigenvalue weighted by molar-refractivity contribution is -0.115. The molecule has 1 N–H and O–H groups in total. The van der Waals surface area contributed by atoms with E-state index >= 15 is 0 Å². The predicted molar refractivity (Wildman–Crippen MR) is 114 cm³/mol. The summed E-state index contributed by atoms with van der Waals surface area (Å²) in [6, 6.07) is 20.5. The number of hydrogen-bond donors (Lipinski definition) is 1. The van der Waals surface area contributed by atoms with Crippen LogP contribution in [0, 0.1) is 11.3 Å². The molecule has 0 saturated carbocycles. The number of nitrogens with one attached hydrogen (secondary N) is 1. The molecule has 0 unspecified atom stereocenters. The van der Waals surface area contributed by atoms with Crippen molar-refractivity contribution in [2.45, 2.75) is 13.0 Å². The van der Waals surface area contributed by atoms with Crippen molar-refractivity contribution in [2.75, 3.05) is 5.32 Å². The molecule has 152 valence electrons. The van der Waals surface area contributed by atoms with Gasteiger partial charge in [-0.1, -0.05) is 30.3 Å². The van der Waals surface area contributed by atoms with E-state index in [2.05, 4.69) is 5.32 Å². The van der Waals surface area contributed by atoms with Gasteiger partial charge in [-0.25, -0.2) is 9.59 Å². The summed E-state index contributed by atoms with van der Waals surface area (Å²) in [6.45, 7) is -0.102. The Morgan fingerprint density at radius 2 is 1.81 bits per heavy atom. The molecule has 7 nitrogen and oxygen atoms in total. The van der Waals surface area contributed by atoms with Gasteiger partial charge in [-0.05, 0) is 41.1 Å². The summed E-state index contributed by atoms with van der Waals surface area (Å²) >= 11 is 0. The van der Waals surface area contributed by atoms with Crippen molar-refractivity contribution in [1.29, 1.82) is 5.26 Å². The second-order valence-electron chi connectivity index (χ2n) is 6.79. The van der Waals surface area contributed by atoms with E-state index < -0.39 is 17.5 Å². The highest BCUT2D eigenvalue weighted by molar-refractivity contribution is 6.07. The highest BCUT2D eigenvalue weighted by Gasteiger charge is 2.13. The van der Waals surface area contributed by atoms with Crippen molar-refractivity contribution in [3.63, 3.8) is 0 Å². The second-order valence-corrected chi connectivity index (χ2v) is 6.79. The monoisotopic (exact) mass is 412 g/mol. The molecular formula is C24H16N2O5. The van der Waals surface area contributed by atoms with Gasteiger partial charge in [0.15, 0.2) is 0 Å². The molecule has 4 rings (SSSR count). The fourth-order valence-electron chi connectivity index (χ4n) is 3.33. The zero-order valence-corrected chi connectivity index (χ0v) is 16.3. The summed E-state index contributed by atoms with van der Waals surface area (Å²) in [5, 5.41) is 13.7. The van der Waals surface area contributed by atoms with Crippen LogP contribution in [0.4, 0.5) is 5.69 Å². The Labute approximate surface area is 176 Å². The van der Waals surface area contributed by atoms with Gasteiger partial charge in [0.05, 0.1) is 11.6 Å². The maximum Gasteiger partial charge on any atom is 0.338 e. The molecule has 1 heterocycles. The molecule has 0 atom stereocenters. The van der Waals surface area contributed by atoms with Crippen LogP contribution >= 0.6 is 0 Å². The number of carbonyl (C=O) groups is 2. The largest absolute Gasteiger partial charge is 0.457 e. The molecule has 1 amide bonds. The SMILES string of the molecule is N#CCC(=O)Nc1ccc(C(=O)OCc2cc(=O)oc3ccc4ccccc4c23)cc1. The molecule has 0 radical (unpaired) electrons. The molecule has 3 aromatic carbocycles. The molecule has 1 aromatic heterocycles. The lowest BCUT2D eigenvalue weighted by Gasteiger charge is -2.10. The van der Waals surface area contributed by atoms with Crippen LogP contribution in [0.1, 0.15) is 22.3 Å². The topological polar surface area (TPSA) is 109 Å². The first-order chi connectivity index (χ1) is 15.0. The molecule has 0 fully saturated rings. The number of rotatable bonds is 5. The quantitative estimate of drug-likeness (QED) is 0.299. The molecule has 0 aliphatic rings. The lowest BCUT2D eigenvalue weighted by atomic mass is 10.0. The van der Waals surface area contributed by atoms with E-state index in [-0.39, 0.29) is 18.6 Å². The molecule has 0 aliphatic carbocycles. The number of nitriles is 1. The zero-order valence-electron chi connectivity index (χ0n) is 16.3. The Hall–Kier alpha value is -4.44. The van der Waals surface area contributed by atoms with Gasteiger partial charge in [-0.2, -0.15) is 5.26 Å². The molecule has 7 heteroatoms. The van der Waals surface area contributed by atoms with Crippen LogP contribution in [0.5, 0.6) is 0 Å². The predicted octanol–water partition coefficient (Wildman–Crippen LogP) is 4.16. The Balaban J connectivity index is 1.56. The minimum atomic E-state index is -0.573. The van der Waals surface area contributed by atoms with Crippen molar-refractivity contribution >= 4 is 39.3 Å². The van der Waals surface area contributed by atoms with Crippen molar-refractivity contribution in [1.82, 2.24) is 0 Å². The van der Waals surface area contributed by atoms with Crippen LogP contribution in [0.2, 0.25) is 0 Å². The third-order valence-electron chi connectivity index (χ3n) is 4.72. The molecule has 0 spiro atoms. The summed E-state index contributed by atoms with van der Waals surface area (Å²) < 4.78 is 10.7. The van der Waals surface area contributed by atoms with Gasteiger partial charge >= 0.3 is 11.6 Å². The number of amides is 1. The first kappa shape index (κ1) is 19.9. The zero-order chi connectivity index (χ0) is 21.8. The highest BCUT2D eigenvalue weighted by Crippen LogP contribution is 2.28. The van der Waals surface area contributed by atoms with E-state index in [0.717, 1.165) is 16.2 Å². The number of nitrogens with zero attached hydrogens (tertiary/aromatic N) is 1. The minimum absolute atomic E-state index is 0.102. The number of benzene rings is 3. The first-order valence-electron chi connectivity index (χ1n) is 9.43. The third kappa shape index (κ3) is 4.28. The van der Waals surface area contributed by atoms with Crippen LogP contribution < -0.4 is 10.9 Å². The van der Waals surface area contributed by atoms with Crippen molar-refractivity contribution < 1.29 is 18.7 Å². The fraction of sp³-hybridized carbons (Fsp3) is 0.0833. The van der Waals surface area contributed by atoms with E-state index in [9.17, 15) is 14.4 Å². The Morgan fingerprint density at radius 1 is 1.03 bits per heavy atom. The van der Waals surface area contributed by atoms with Crippen LogP contribution in [0.3, 0.4) is 0 Å². The van der Waals surface area contributed by atoms with E-state index in [1.807, 2.05) is 30.3 Å². The van der Waals surface area contributed by atoms with E-state index in [1.54, 1.807) is 24.3 Å². The maximum atomic E-state index is 12.5. The number of hydrogen-bond acceptors (Lipinski definition) is 6. The summed E-state index contributed by atoms with van der Waals surface area (Å²) in [5.41, 5.74) is 1.21. The molecule has 4 aromatic rings. The van der Waals surface area contributed by atoms with Gasteiger partial charge in [-0.15, -0.1) is 0 Å². The van der Waals surface area contributed by atoms with Gasteiger partial charge in [-0.3, -0.25) is 4.79 Å². The molecule has 0 aliphatic heterocycles. The summed E-state index contributed by atoms with van der Waals surface area (Å²) in [5.74, 6) is -1.00. The number of fused-ring (bicyclic) bond motifs is 3. The summed E-state index contributed by atoms with van der Waals surface area (Å²) in [6.07, 6.45) is -0.252. The third-order valence-corrected chi connectivity index (χ3v) is 4.72. The van der Waals surface area contributed by atoms with Crippen LogP contribution in [-0.4, -0.2) is 11.9 Å². The number of anilines is 1. The Morgan fingerprint density at radius 3 is 2.58 bits per heavy atom. The average molecular weight is 412 g/mol. The van der Waals surface area contributed by atoms with Gasteiger partial charge in [0.2, 0.25) is 5.91 Å². The molecule has 31 heavy (non-hydrogen) atoms. The molecular weight excluding hydrogens is 396 g/mol. The van der Waals surface area contributed by atoms with Gasteiger partial charge in [0.25, 0.3) is 0 Å². The van der Waals surface area contributed by atoms with Gasteiger partial charge in [0, 0.05) is 22.7 Å². The van der Waals surface area contributed by atoms with E-state index in [0.29, 0.717) is 16.8 Å². The smallest absolute Gasteiger partial charge is 0.338 e. The number of esters is 1. The Bertz CT molecular complexity index is 1400. The van der Waals surface area contributed by atoms with Gasteiger partial charge in [0.1, 0.15) is 18.6 Å². The average Bonchev–Trinajstić information content (AvgIpc) is 2.77. The van der Waals surface area contributed by atoms with Crippen LogP contribution in [0.15, 0.2) is 75.9 Å². The number of ether oxygens (including phenoxy) is 1. The van der Waals surface area contributed by atoms with Crippen molar-refractivity contribution in [3.05, 3.63) is 88.3 Å². The summed E-state index contributed by atoms with van der Waals surface area (Å²) in [7, 11) is 0. The van der Waals surface area contributed by atoms with Crippen molar-refractivity contribution in [3.8, 4) is 6.07 Å². The first-order valence-corrected chi connectivity index (χ1v) is 9.43. The van der Waals surface area contributed by atoms with E-state index in [4.69, 9.17) is 14.4 Å². The maximum absolute atomic E-state index is 12.5. The lowest BCUT2D eigenvalue weighted by Crippen LogP contribution is -2.11. The van der Waals surface area contributed by atoms with E-state index in [1.165, 1.54) is 18.2 Å². The normalized spacial score (nSPS) is 10.5. The minimum Gasteiger partial charge on any atom is -0.457 e.